The fourth-order valence-electron chi connectivity index (χ4n) is 3.44. The molecule has 4 nitrogen and oxygen atoms in total. The lowest BCUT2D eigenvalue weighted by atomic mass is 9.93. The summed E-state index contributed by atoms with van der Waals surface area (Å²) in [5.41, 5.74) is 9.94. The molecule has 0 saturated carbocycles. The first kappa shape index (κ1) is 11.8. The molecule has 0 spiro atoms. The van der Waals surface area contributed by atoms with Crippen LogP contribution >= 0.6 is 0 Å². The van der Waals surface area contributed by atoms with Gasteiger partial charge < -0.3 is 15.2 Å². The first-order valence-corrected chi connectivity index (χ1v) is 6.80. The Bertz CT molecular complexity index is 491. The molecular weight excluding hydrogens is 226 g/mol. The highest BCUT2D eigenvalue weighted by molar-refractivity contribution is 5.82. The molecule has 1 fully saturated rings. The zero-order chi connectivity index (χ0) is 12.9. The molecule has 2 N–H and O–H groups in total. The second kappa shape index (κ2) is 4.12. The number of nitrogens with zero attached hydrogens (tertiary/aromatic N) is 2. The largest absolute Gasteiger partial charge is 0.344 e. The van der Waals surface area contributed by atoms with E-state index in [2.05, 4.69) is 17.6 Å². The van der Waals surface area contributed by atoms with Gasteiger partial charge in [-0.3, -0.25) is 4.79 Å². The SMILES string of the molecule is Cc1cc2c(n1C1CCN(C)C1=O)CCCC2N. The minimum Gasteiger partial charge on any atom is -0.344 e. The average Bonchev–Trinajstić information content (AvgIpc) is 2.83. The van der Waals surface area contributed by atoms with Crippen LogP contribution in [0.1, 0.15) is 48.3 Å². The molecule has 4 heteroatoms. The van der Waals surface area contributed by atoms with Crippen LogP contribution in [0.25, 0.3) is 0 Å². The monoisotopic (exact) mass is 247 g/mol. The number of hydrogen-bond donors (Lipinski definition) is 1. The highest BCUT2D eigenvalue weighted by Crippen LogP contribution is 2.35. The zero-order valence-electron chi connectivity index (χ0n) is 11.1. The van der Waals surface area contributed by atoms with Crippen LogP contribution in [0.15, 0.2) is 6.07 Å². The summed E-state index contributed by atoms with van der Waals surface area (Å²) >= 11 is 0. The van der Waals surface area contributed by atoms with Crippen LogP contribution in [0.3, 0.4) is 0 Å². The number of likely N-dealkylation sites (N-methyl/N-ethyl adjacent to an activating group) is 1. The lowest BCUT2D eigenvalue weighted by Gasteiger charge is -2.23. The first-order valence-electron chi connectivity index (χ1n) is 6.80. The minimum atomic E-state index is 0.00375. The van der Waals surface area contributed by atoms with Gasteiger partial charge >= 0.3 is 0 Å². The van der Waals surface area contributed by atoms with Crippen molar-refractivity contribution < 1.29 is 4.79 Å². The summed E-state index contributed by atoms with van der Waals surface area (Å²) in [6.07, 6.45) is 4.18. The van der Waals surface area contributed by atoms with Crippen LogP contribution in [0.2, 0.25) is 0 Å². The number of fused-ring (bicyclic) bond motifs is 1. The van der Waals surface area contributed by atoms with Crippen molar-refractivity contribution in [3.05, 3.63) is 23.0 Å². The third kappa shape index (κ3) is 1.59. The molecule has 18 heavy (non-hydrogen) atoms. The Kier molecular flexibility index (Phi) is 2.70. The Morgan fingerprint density at radius 1 is 1.39 bits per heavy atom. The molecule has 98 valence electrons. The smallest absolute Gasteiger partial charge is 0.245 e. The Hall–Kier alpha value is -1.29. The van der Waals surface area contributed by atoms with Gasteiger partial charge in [0.05, 0.1) is 0 Å². The molecule has 2 heterocycles. The highest BCUT2D eigenvalue weighted by atomic mass is 16.2. The van der Waals surface area contributed by atoms with Gasteiger partial charge in [0.25, 0.3) is 0 Å². The number of nitrogens with two attached hydrogens (primary N) is 1. The van der Waals surface area contributed by atoms with E-state index in [1.54, 1.807) is 0 Å². The van der Waals surface area contributed by atoms with Crippen molar-refractivity contribution in [2.75, 3.05) is 13.6 Å². The molecule has 0 aromatic carbocycles. The number of aromatic nitrogens is 1. The molecule has 0 radical (unpaired) electrons. The van der Waals surface area contributed by atoms with E-state index in [-0.39, 0.29) is 18.0 Å². The van der Waals surface area contributed by atoms with Gasteiger partial charge in [0.15, 0.2) is 0 Å². The zero-order valence-corrected chi connectivity index (χ0v) is 11.1. The van der Waals surface area contributed by atoms with E-state index < -0.39 is 0 Å². The molecule has 1 aromatic heterocycles. The summed E-state index contributed by atoms with van der Waals surface area (Å²) in [6.45, 7) is 2.96. The molecule has 1 aliphatic heterocycles. The normalized spacial score (nSPS) is 27.7. The van der Waals surface area contributed by atoms with Crippen LogP contribution in [-0.2, 0) is 11.2 Å². The number of carbonyl (C=O) groups excluding carboxylic acids is 1. The molecule has 3 rings (SSSR count). The molecular formula is C14H21N3O. The summed E-state index contributed by atoms with van der Waals surface area (Å²) in [4.78, 5) is 14.0. The van der Waals surface area contributed by atoms with Gasteiger partial charge in [-0.2, -0.15) is 0 Å². The van der Waals surface area contributed by atoms with Gasteiger partial charge in [-0.25, -0.2) is 0 Å². The summed E-state index contributed by atoms with van der Waals surface area (Å²) in [5, 5.41) is 0. The fraction of sp³-hybridized carbons (Fsp3) is 0.643. The number of likely N-dealkylation sites (tertiary alicyclic amines) is 1. The summed E-state index contributed by atoms with van der Waals surface area (Å²) < 4.78 is 2.25. The van der Waals surface area contributed by atoms with Gasteiger partial charge in [-0.05, 0) is 44.2 Å². The molecule has 2 unspecified atom stereocenters. The van der Waals surface area contributed by atoms with E-state index in [9.17, 15) is 4.79 Å². The van der Waals surface area contributed by atoms with Crippen LogP contribution in [0, 0.1) is 6.92 Å². The predicted octanol–water partition coefficient (Wildman–Crippen LogP) is 1.54. The second-order valence-corrected chi connectivity index (χ2v) is 5.62. The average molecular weight is 247 g/mol. The maximum atomic E-state index is 12.2. The summed E-state index contributed by atoms with van der Waals surface area (Å²) in [7, 11) is 1.89. The van der Waals surface area contributed by atoms with Crippen molar-refractivity contribution in [2.24, 2.45) is 5.73 Å². The molecule has 2 atom stereocenters. The third-order valence-electron chi connectivity index (χ3n) is 4.41. The first-order chi connectivity index (χ1) is 8.59. The number of amides is 1. The molecule has 2 aliphatic rings. The van der Waals surface area contributed by atoms with Gasteiger partial charge in [0.2, 0.25) is 5.91 Å². The van der Waals surface area contributed by atoms with Crippen LogP contribution in [-0.4, -0.2) is 29.0 Å². The van der Waals surface area contributed by atoms with Gasteiger partial charge in [-0.1, -0.05) is 0 Å². The van der Waals surface area contributed by atoms with E-state index in [1.165, 1.54) is 17.0 Å². The van der Waals surface area contributed by atoms with Crippen LogP contribution in [0.4, 0.5) is 0 Å². The number of hydrogen-bond acceptors (Lipinski definition) is 2. The molecule has 0 bridgehead atoms. The molecule has 1 amide bonds. The maximum Gasteiger partial charge on any atom is 0.245 e. The van der Waals surface area contributed by atoms with Gasteiger partial charge in [0, 0.05) is 31.0 Å². The van der Waals surface area contributed by atoms with Gasteiger partial charge in [0.1, 0.15) is 6.04 Å². The Balaban J connectivity index is 2.05. The quantitative estimate of drug-likeness (QED) is 0.818. The standard InChI is InChI=1S/C14H21N3O/c1-9-8-10-11(15)4-3-5-12(10)17(9)13-6-7-16(2)14(13)18/h8,11,13H,3-7,15H2,1-2H3. The van der Waals surface area contributed by atoms with Crippen molar-refractivity contribution in [1.29, 1.82) is 0 Å². The second-order valence-electron chi connectivity index (χ2n) is 5.62. The van der Waals surface area contributed by atoms with Gasteiger partial charge in [-0.15, -0.1) is 0 Å². The van der Waals surface area contributed by atoms with Crippen molar-refractivity contribution >= 4 is 5.91 Å². The highest BCUT2D eigenvalue weighted by Gasteiger charge is 2.34. The van der Waals surface area contributed by atoms with E-state index >= 15 is 0 Å². The summed E-state index contributed by atoms with van der Waals surface area (Å²) in [6, 6.07) is 2.34. The Morgan fingerprint density at radius 2 is 2.17 bits per heavy atom. The van der Waals surface area contributed by atoms with Crippen molar-refractivity contribution in [1.82, 2.24) is 9.47 Å². The summed E-state index contributed by atoms with van der Waals surface area (Å²) in [5.74, 6) is 0.246. The number of rotatable bonds is 1. The minimum absolute atomic E-state index is 0.00375. The lowest BCUT2D eigenvalue weighted by molar-refractivity contribution is -0.129. The molecule has 1 aliphatic carbocycles. The van der Waals surface area contributed by atoms with E-state index in [0.717, 1.165) is 32.2 Å². The van der Waals surface area contributed by atoms with E-state index in [1.807, 2.05) is 11.9 Å². The van der Waals surface area contributed by atoms with Crippen LogP contribution in [0.5, 0.6) is 0 Å². The van der Waals surface area contributed by atoms with E-state index in [4.69, 9.17) is 5.73 Å². The van der Waals surface area contributed by atoms with E-state index in [0.29, 0.717) is 0 Å². The van der Waals surface area contributed by atoms with Crippen molar-refractivity contribution in [3.8, 4) is 0 Å². The number of aryl methyl sites for hydroxylation is 1. The Labute approximate surface area is 108 Å². The molecule has 1 aromatic rings. The third-order valence-corrected chi connectivity index (χ3v) is 4.41. The predicted molar refractivity (Wildman–Crippen MR) is 70.3 cm³/mol. The van der Waals surface area contributed by atoms with Crippen molar-refractivity contribution in [2.45, 2.75) is 44.7 Å². The maximum absolute atomic E-state index is 12.2. The number of carbonyl (C=O) groups is 1. The lowest BCUT2D eigenvalue weighted by Crippen LogP contribution is -2.27. The van der Waals surface area contributed by atoms with Crippen molar-refractivity contribution in [3.63, 3.8) is 0 Å². The topological polar surface area (TPSA) is 51.3 Å². The Morgan fingerprint density at radius 3 is 2.83 bits per heavy atom. The molecule has 1 saturated heterocycles. The van der Waals surface area contributed by atoms with Crippen LogP contribution < -0.4 is 5.73 Å². The fourth-order valence-corrected chi connectivity index (χ4v) is 3.44.